The lowest BCUT2D eigenvalue weighted by Gasteiger charge is -2.29. The summed E-state index contributed by atoms with van der Waals surface area (Å²) in [6.45, 7) is 18.1. The van der Waals surface area contributed by atoms with Crippen molar-refractivity contribution in [2.24, 2.45) is 5.41 Å². The van der Waals surface area contributed by atoms with E-state index >= 15 is 0 Å². The predicted octanol–water partition coefficient (Wildman–Crippen LogP) is 5.99. The topological polar surface area (TPSA) is 62.8 Å². The number of nitrogens with zero attached hydrogens (tertiary/aromatic N) is 2. The Bertz CT molecular complexity index is 994. The van der Waals surface area contributed by atoms with Gasteiger partial charge in [0.05, 0.1) is 0 Å². The summed E-state index contributed by atoms with van der Waals surface area (Å²) in [5.74, 6) is 0.328. The van der Waals surface area contributed by atoms with Gasteiger partial charge in [0, 0.05) is 21.9 Å². The normalized spacial score (nSPS) is 15.3. The molecule has 3 rings (SSSR count). The standard InChI is InChI=1S/C23H29N2O2/c1-21(2,3)13-10-12-11-14(22(4,5)6)19(27)17-15(12)16(18(13)26)24-20(25-17)23(7,8)9/h10-11H,1-9H3. The molecule has 0 saturated carbocycles. The molecule has 1 radical (unpaired) electrons. The number of allylic oxidation sites excluding steroid dienone is 1. The van der Waals surface area contributed by atoms with E-state index in [1.54, 1.807) is 0 Å². The molecule has 1 aromatic carbocycles. The van der Waals surface area contributed by atoms with Gasteiger partial charge < -0.3 is 0 Å². The number of aromatic nitrogens is 2. The highest BCUT2D eigenvalue weighted by molar-refractivity contribution is 6.22. The lowest BCUT2D eigenvalue weighted by atomic mass is 9.76. The van der Waals surface area contributed by atoms with Crippen molar-refractivity contribution in [2.45, 2.75) is 73.1 Å². The first-order valence-corrected chi connectivity index (χ1v) is 9.46. The van der Waals surface area contributed by atoms with Crippen LogP contribution in [0.5, 0.6) is 5.75 Å². The number of benzene rings is 1. The van der Waals surface area contributed by atoms with Crippen LogP contribution in [0.3, 0.4) is 0 Å². The number of carbonyl (C=O) groups is 1. The maximum absolute atomic E-state index is 13.3. The minimum absolute atomic E-state index is 0.101. The minimum Gasteiger partial charge on any atom is -0.287 e. The molecule has 0 unspecified atom stereocenters. The van der Waals surface area contributed by atoms with Crippen molar-refractivity contribution in [3.8, 4) is 5.75 Å². The van der Waals surface area contributed by atoms with E-state index in [0.717, 1.165) is 5.56 Å². The first-order chi connectivity index (χ1) is 12.1. The Morgan fingerprint density at radius 3 is 1.89 bits per heavy atom. The van der Waals surface area contributed by atoms with Crippen LogP contribution in [0, 0.1) is 5.41 Å². The van der Waals surface area contributed by atoms with Crippen LogP contribution in [0.1, 0.15) is 89.8 Å². The lowest BCUT2D eigenvalue weighted by molar-refractivity contribution is 0.101. The van der Waals surface area contributed by atoms with Gasteiger partial charge in [0.1, 0.15) is 17.0 Å². The Morgan fingerprint density at radius 1 is 0.815 bits per heavy atom. The van der Waals surface area contributed by atoms with E-state index in [1.807, 2.05) is 74.5 Å². The van der Waals surface area contributed by atoms with Gasteiger partial charge in [-0.15, -0.1) is 0 Å². The molecule has 1 aromatic heterocycles. The van der Waals surface area contributed by atoms with Gasteiger partial charge in [-0.3, -0.25) is 9.90 Å². The van der Waals surface area contributed by atoms with Crippen LogP contribution >= 0.6 is 0 Å². The fourth-order valence-electron chi connectivity index (χ4n) is 3.40. The van der Waals surface area contributed by atoms with Gasteiger partial charge in [-0.1, -0.05) is 62.3 Å². The molecule has 0 bridgehead atoms. The van der Waals surface area contributed by atoms with Crippen molar-refractivity contribution in [3.05, 3.63) is 34.3 Å². The third-order valence-corrected chi connectivity index (χ3v) is 5.00. The number of hydrogen-bond acceptors (Lipinski definition) is 3. The van der Waals surface area contributed by atoms with Crippen molar-refractivity contribution < 1.29 is 9.90 Å². The van der Waals surface area contributed by atoms with Gasteiger partial charge in [-0.2, -0.15) is 0 Å². The highest BCUT2D eigenvalue weighted by atomic mass is 16.3. The summed E-state index contributed by atoms with van der Waals surface area (Å²) < 4.78 is 0. The molecule has 0 atom stereocenters. The Kier molecular flexibility index (Phi) is 4.08. The maximum atomic E-state index is 13.3. The Hall–Kier alpha value is -2.23. The molecule has 0 amide bonds. The summed E-state index contributed by atoms with van der Waals surface area (Å²) in [7, 11) is 0. The van der Waals surface area contributed by atoms with Gasteiger partial charge in [0.25, 0.3) is 0 Å². The second-order valence-electron chi connectivity index (χ2n) is 10.6. The molecule has 4 nitrogen and oxygen atoms in total. The Morgan fingerprint density at radius 2 is 1.41 bits per heavy atom. The van der Waals surface area contributed by atoms with E-state index < -0.39 is 0 Å². The summed E-state index contributed by atoms with van der Waals surface area (Å²) in [5.41, 5.74) is 2.04. The molecule has 0 spiro atoms. The quantitative estimate of drug-likeness (QED) is 0.575. The molecule has 4 heteroatoms. The molecule has 0 aliphatic heterocycles. The summed E-state index contributed by atoms with van der Waals surface area (Å²) in [4.78, 5) is 22.5. The smallest absolute Gasteiger partial charge is 0.208 e. The highest BCUT2D eigenvalue weighted by Gasteiger charge is 2.35. The first-order valence-electron chi connectivity index (χ1n) is 9.46. The van der Waals surface area contributed by atoms with Gasteiger partial charge in [0.2, 0.25) is 11.5 Å². The van der Waals surface area contributed by atoms with E-state index in [9.17, 15) is 9.90 Å². The van der Waals surface area contributed by atoms with E-state index in [0.29, 0.717) is 33.6 Å². The summed E-state index contributed by atoms with van der Waals surface area (Å²) >= 11 is 0. The molecule has 0 fully saturated rings. The Labute approximate surface area is 161 Å². The molecule has 0 saturated heterocycles. The van der Waals surface area contributed by atoms with Crippen molar-refractivity contribution in [1.82, 2.24) is 9.97 Å². The zero-order valence-electron chi connectivity index (χ0n) is 17.9. The van der Waals surface area contributed by atoms with Crippen LogP contribution in [0.25, 0.3) is 17.0 Å². The average molecular weight is 365 g/mol. The monoisotopic (exact) mass is 365 g/mol. The van der Waals surface area contributed by atoms with Crippen molar-refractivity contribution in [2.75, 3.05) is 0 Å². The summed E-state index contributed by atoms with van der Waals surface area (Å²) in [5, 5.41) is 13.9. The van der Waals surface area contributed by atoms with Gasteiger partial charge >= 0.3 is 0 Å². The van der Waals surface area contributed by atoms with Crippen LogP contribution in [0.4, 0.5) is 0 Å². The van der Waals surface area contributed by atoms with Crippen LogP contribution in [-0.2, 0) is 15.9 Å². The molecule has 0 N–H and O–H groups in total. The molecular formula is C23H29N2O2. The molecule has 143 valence electrons. The van der Waals surface area contributed by atoms with Gasteiger partial charge in [-0.05, 0) is 28.5 Å². The van der Waals surface area contributed by atoms with Gasteiger partial charge in [0.15, 0.2) is 0 Å². The number of rotatable bonds is 0. The molecule has 1 aliphatic rings. The number of ketones is 1. The Balaban J connectivity index is 2.52. The largest absolute Gasteiger partial charge is 0.287 e. The molecule has 2 aromatic rings. The summed E-state index contributed by atoms with van der Waals surface area (Å²) in [6, 6.07) is 1.92. The molecule has 27 heavy (non-hydrogen) atoms. The molecule has 1 heterocycles. The van der Waals surface area contributed by atoms with E-state index in [1.165, 1.54) is 0 Å². The maximum Gasteiger partial charge on any atom is 0.208 e. The zero-order valence-corrected chi connectivity index (χ0v) is 17.9. The van der Waals surface area contributed by atoms with Crippen LogP contribution in [-0.4, -0.2) is 15.8 Å². The first kappa shape index (κ1) is 19.5. The molecular weight excluding hydrogens is 336 g/mol. The van der Waals surface area contributed by atoms with Crippen molar-refractivity contribution in [3.63, 3.8) is 0 Å². The number of hydrogen-bond donors (Lipinski definition) is 0. The van der Waals surface area contributed by atoms with Crippen LogP contribution in [0.15, 0.2) is 11.6 Å². The van der Waals surface area contributed by atoms with E-state index in [-0.39, 0.29) is 27.8 Å². The summed E-state index contributed by atoms with van der Waals surface area (Å²) in [6.07, 6.45) is 1.92. The van der Waals surface area contributed by atoms with Crippen molar-refractivity contribution >= 4 is 22.8 Å². The SMILES string of the molecule is CC(C)(C)C1=Cc2cc(C(C)(C)C)c([O])c3nc(C(C)(C)C)nc(c23)C1=O. The second kappa shape index (κ2) is 5.63. The van der Waals surface area contributed by atoms with Gasteiger partial charge in [-0.25, -0.2) is 9.97 Å². The second-order valence-corrected chi connectivity index (χ2v) is 10.6. The highest BCUT2D eigenvalue weighted by Crippen LogP contribution is 2.44. The van der Waals surface area contributed by atoms with Crippen LogP contribution < -0.4 is 0 Å². The number of carbonyl (C=O) groups excluding carboxylic acids is 1. The van der Waals surface area contributed by atoms with E-state index in [2.05, 4.69) is 9.97 Å². The molecule has 1 aliphatic carbocycles. The van der Waals surface area contributed by atoms with Crippen molar-refractivity contribution in [1.29, 1.82) is 0 Å². The fourth-order valence-corrected chi connectivity index (χ4v) is 3.40. The third kappa shape index (κ3) is 3.15. The third-order valence-electron chi connectivity index (χ3n) is 5.00. The zero-order chi connectivity index (χ0) is 20.5. The predicted molar refractivity (Wildman–Crippen MR) is 109 cm³/mol. The van der Waals surface area contributed by atoms with E-state index in [4.69, 9.17) is 0 Å². The minimum atomic E-state index is -0.363. The van der Waals surface area contributed by atoms with Crippen LogP contribution in [0.2, 0.25) is 0 Å². The average Bonchev–Trinajstić information content (AvgIpc) is 2.49. The fraction of sp³-hybridized carbons (Fsp3) is 0.522. The lowest BCUT2D eigenvalue weighted by Crippen LogP contribution is -2.25. The number of Topliss-reactive ketones (excluding diaryl/α,β-unsaturated/α-hetero) is 1.